The van der Waals surface area contributed by atoms with Gasteiger partial charge in [-0.1, -0.05) is 38.2 Å². The first-order valence-electron chi connectivity index (χ1n) is 7.10. The summed E-state index contributed by atoms with van der Waals surface area (Å²) >= 11 is 1.34. The molecule has 0 aliphatic heterocycles. The predicted molar refractivity (Wildman–Crippen MR) is 88.4 cm³/mol. The molecule has 1 aromatic heterocycles. The molecule has 1 aromatic carbocycles. The number of carbonyl (C=O) groups is 2. The number of hydrogen-bond acceptors (Lipinski definition) is 5. The molecular formula is C16H20N2O4S. The Morgan fingerprint density at radius 1 is 1.26 bits per heavy atom. The molecule has 0 saturated carbocycles. The molecule has 0 radical (unpaired) electrons. The SMILES string of the molecule is COC(=O)Cn1c(=NC(=O)C(C)(C)C)sc2cccc(OC)c21. The highest BCUT2D eigenvalue weighted by Gasteiger charge is 2.22. The van der Waals surface area contributed by atoms with Gasteiger partial charge >= 0.3 is 5.97 Å². The second-order valence-electron chi connectivity index (χ2n) is 6.02. The second-order valence-corrected chi connectivity index (χ2v) is 7.03. The maximum Gasteiger partial charge on any atom is 0.325 e. The minimum absolute atomic E-state index is 0.0346. The van der Waals surface area contributed by atoms with Crippen LogP contribution in [0.1, 0.15) is 20.8 Å². The molecule has 1 heterocycles. The molecule has 1 amide bonds. The zero-order valence-electron chi connectivity index (χ0n) is 13.9. The van der Waals surface area contributed by atoms with Crippen molar-refractivity contribution in [2.45, 2.75) is 27.3 Å². The van der Waals surface area contributed by atoms with Gasteiger partial charge in [0.2, 0.25) is 0 Å². The van der Waals surface area contributed by atoms with E-state index in [2.05, 4.69) is 4.99 Å². The van der Waals surface area contributed by atoms with Gasteiger partial charge in [-0.2, -0.15) is 4.99 Å². The number of carbonyl (C=O) groups excluding carboxylic acids is 2. The van der Waals surface area contributed by atoms with E-state index in [1.54, 1.807) is 38.5 Å². The number of para-hydroxylation sites is 1. The molecule has 2 rings (SSSR count). The molecule has 0 fully saturated rings. The lowest BCUT2D eigenvalue weighted by Gasteiger charge is -2.12. The molecule has 6 nitrogen and oxygen atoms in total. The monoisotopic (exact) mass is 336 g/mol. The standard InChI is InChI=1S/C16H20N2O4S/c1-16(2,3)14(20)17-15-18(9-12(19)22-5)13-10(21-4)7-6-8-11(13)23-15/h6-8H,9H2,1-5H3. The minimum atomic E-state index is -0.594. The summed E-state index contributed by atoms with van der Waals surface area (Å²) in [6, 6.07) is 5.56. The highest BCUT2D eigenvalue weighted by atomic mass is 32.1. The molecule has 0 bridgehead atoms. The number of ether oxygens (including phenoxy) is 2. The quantitative estimate of drug-likeness (QED) is 0.807. The van der Waals surface area contributed by atoms with Gasteiger partial charge < -0.3 is 14.0 Å². The smallest absolute Gasteiger partial charge is 0.325 e. The van der Waals surface area contributed by atoms with E-state index in [1.807, 2.05) is 12.1 Å². The van der Waals surface area contributed by atoms with Crippen molar-refractivity contribution >= 4 is 33.4 Å². The summed E-state index contributed by atoms with van der Waals surface area (Å²) in [6.07, 6.45) is 0. The molecule has 0 N–H and O–H groups in total. The molecule has 2 aromatic rings. The van der Waals surface area contributed by atoms with E-state index in [0.717, 1.165) is 10.2 Å². The summed E-state index contributed by atoms with van der Waals surface area (Å²) in [7, 11) is 2.89. The fourth-order valence-corrected chi connectivity index (χ4v) is 2.99. The fraction of sp³-hybridized carbons (Fsp3) is 0.438. The number of benzene rings is 1. The third-order valence-electron chi connectivity index (χ3n) is 3.24. The zero-order valence-corrected chi connectivity index (χ0v) is 14.7. The summed E-state index contributed by atoms with van der Waals surface area (Å²) < 4.78 is 12.7. The van der Waals surface area contributed by atoms with E-state index in [-0.39, 0.29) is 12.5 Å². The molecule has 23 heavy (non-hydrogen) atoms. The molecule has 0 saturated heterocycles. The molecule has 124 valence electrons. The van der Waals surface area contributed by atoms with Gasteiger partial charge in [0, 0.05) is 5.41 Å². The average Bonchev–Trinajstić information content (AvgIpc) is 2.83. The maximum atomic E-state index is 12.3. The lowest BCUT2D eigenvalue weighted by Crippen LogP contribution is -2.26. The molecule has 0 aliphatic rings. The summed E-state index contributed by atoms with van der Waals surface area (Å²) in [5, 5.41) is 0. The van der Waals surface area contributed by atoms with Gasteiger partial charge in [0.15, 0.2) is 4.80 Å². The van der Waals surface area contributed by atoms with Gasteiger partial charge in [-0.05, 0) is 12.1 Å². The lowest BCUT2D eigenvalue weighted by molar-refractivity contribution is -0.141. The van der Waals surface area contributed by atoms with Crippen LogP contribution >= 0.6 is 11.3 Å². The number of hydrogen-bond donors (Lipinski definition) is 0. The van der Waals surface area contributed by atoms with E-state index in [9.17, 15) is 9.59 Å². The third kappa shape index (κ3) is 3.61. The molecule has 0 aliphatic carbocycles. The van der Waals surface area contributed by atoms with Crippen LogP contribution < -0.4 is 9.54 Å². The number of esters is 1. The van der Waals surface area contributed by atoms with Gasteiger partial charge in [-0.15, -0.1) is 0 Å². The fourth-order valence-electron chi connectivity index (χ4n) is 1.94. The first-order valence-corrected chi connectivity index (χ1v) is 7.92. The minimum Gasteiger partial charge on any atom is -0.495 e. The van der Waals surface area contributed by atoms with E-state index in [0.29, 0.717) is 10.6 Å². The molecule has 7 heteroatoms. The maximum absolute atomic E-state index is 12.3. The van der Waals surface area contributed by atoms with Crippen molar-refractivity contribution in [3.8, 4) is 5.75 Å². The number of aromatic nitrogens is 1. The highest BCUT2D eigenvalue weighted by Crippen LogP contribution is 2.27. The normalized spacial score (nSPS) is 12.5. The van der Waals surface area contributed by atoms with Crippen molar-refractivity contribution < 1.29 is 19.1 Å². The van der Waals surface area contributed by atoms with Crippen molar-refractivity contribution in [1.82, 2.24) is 4.57 Å². The Morgan fingerprint density at radius 3 is 2.52 bits per heavy atom. The van der Waals surface area contributed by atoms with Crippen molar-refractivity contribution in [3.05, 3.63) is 23.0 Å². The van der Waals surface area contributed by atoms with Gasteiger partial charge in [0.1, 0.15) is 17.8 Å². The third-order valence-corrected chi connectivity index (χ3v) is 4.28. The Balaban J connectivity index is 2.73. The summed E-state index contributed by atoms with van der Waals surface area (Å²) in [5.74, 6) is -0.0470. The van der Waals surface area contributed by atoms with Crippen molar-refractivity contribution in [1.29, 1.82) is 0 Å². The van der Waals surface area contributed by atoms with Gasteiger partial charge in [-0.25, -0.2) is 0 Å². The van der Waals surface area contributed by atoms with E-state index < -0.39 is 11.4 Å². The van der Waals surface area contributed by atoms with E-state index >= 15 is 0 Å². The van der Waals surface area contributed by atoms with Gasteiger partial charge in [0.05, 0.1) is 18.9 Å². The van der Waals surface area contributed by atoms with Crippen LogP contribution in [-0.4, -0.2) is 30.7 Å². The first-order chi connectivity index (χ1) is 10.8. The van der Waals surface area contributed by atoms with Crippen LogP contribution in [-0.2, 0) is 20.9 Å². The Morgan fingerprint density at radius 2 is 1.96 bits per heavy atom. The van der Waals surface area contributed by atoms with Crippen LogP contribution in [0.5, 0.6) is 5.75 Å². The second kappa shape index (κ2) is 6.54. The first kappa shape index (κ1) is 17.2. The summed E-state index contributed by atoms with van der Waals surface area (Å²) in [5.41, 5.74) is 0.134. The van der Waals surface area contributed by atoms with Crippen molar-refractivity contribution in [2.75, 3.05) is 14.2 Å². The van der Waals surface area contributed by atoms with E-state index in [1.165, 1.54) is 18.4 Å². The predicted octanol–water partition coefficient (Wildman–Crippen LogP) is 2.36. The molecule has 0 unspecified atom stereocenters. The number of nitrogens with zero attached hydrogens (tertiary/aromatic N) is 2. The van der Waals surface area contributed by atoms with Crippen molar-refractivity contribution in [3.63, 3.8) is 0 Å². The Kier molecular flexibility index (Phi) is 4.89. The Hall–Kier alpha value is -2.15. The zero-order chi connectivity index (χ0) is 17.2. The summed E-state index contributed by atoms with van der Waals surface area (Å²) in [4.78, 5) is 28.7. The van der Waals surface area contributed by atoms with Crippen LogP contribution in [0.3, 0.4) is 0 Å². The molecule has 0 atom stereocenters. The van der Waals surface area contributed by atoms with Crippen LogP contribution in [0, 0.1) is 5.41 Å². The molecule has 0 spiro atoms. The Labute approximate surface area is 138 Å². The molecular weight excluding hydrogens is 316 g/mol. The number of amides is 1. The van der Waals surface area contributed by atoms with Gasteiger partial charge in [0.25, 0.3) is 5.91 Å². The van der Waals surface area contributed by atoms with Crippen LogP contribution in [0.4, 0.5) is 0 Å². The van der Waals surface area contributed by atoms with Crippen LogP contribution in [0.25, 0.3) is 10.2 Å². The number of rotatable bonds is 3. The Bertz CT molecular complexity index is 812. The number of methoxy groups -OCH3 is 2. The topological polar surface area (TPSA) is 69.9 Å². The summed E-state index contributed by atoms with van der Waals surface area (Å²) in [6.45, 7) is 5.37. The van der Waals surface area contributed by atoms with Crippen LogP contribution in [0.2, 0.25) is 0 Å². The highest BCUT2D eigenvalue weighted by molar-refractivity contribution is 7.16. The average molecular weight is 336 g/mol. The number of fused-ring (bicyclic) bond motifs is 1. The lowest BCUT2D eigenvalue weighted by atomic mass is 9.96. The van der Waals surface area contributed by atoms with Crippen LogP contribution in [0.15, 0.2) is 23.2 Å². The van der Waals surface area contributed by atoms with Crippen molar-refractivity contribution in [2.24, 2.45) is 10.4 Å². The van der Waals surface area contributed by atoms with E-state index in [4.69, 9.17) is 9.47 Å². The largest absolute Gasteiger partial charge is 0.495 e. The number of thiazole rings is 1. The van der Waals surface area contributed by atoms with Gasteiger partial charge in [-0.3, -0.25) is 9.59 Å².